The lowest BCUT2D eigenvalue weighted by molar-refractivity contribution is -0.137. The Labute approximate surface area is 211 Å². The predicted octanol–water partition coefficient (Wildman–Crippen LogP) is 5.85. The molecule has 1 heterocycles. The Kier molecular flexibility index (Phi) is 10.8. The van der Waals surface area contributed by atoms with E-state index in [9.17, 15) is 14.9 Å². The molecule has 0 fully saturated rings. The highest BCUT2D eigenvalue weighted by Gasteiger charge is 2.15. The molecular formula is C27H33N3O4S. The first-order chi connectivity index (χ1) is 17.1. The summed E-state index contributed by atoms with van der Waals surface area (Å²) in [6, 6.07) is 8.77. The van der Waals surface area contributed by atoms with Crippen LogP contribution in [0.5, 0.6) is 5.75 Å². The monoisotopic (exact) mass is 495 g/mol. The number of hydrogen-bond acceptors (Lipinski definition) is 7. The number of thiazole rings is 1. The molecule has 0 unspecified atom stereocenters. The number of nitrogens with zero attached hydrogens (tertiary/aromatic N) is 2. The predicted molar refractivity (Wildman–Crippen MR) is 137 cm³/mol. The van der Waals surface area contributed by atoms with Crippen LogP contribution in [-0.4, -0.2) is 30.1 Å². The molecule has 35 heavy (non-hydrogen) atoms. The Bertz CT molecular complexity index is 1040. The molecule has 1 amide bonds. The molecule has 186 valence electrons. The van der Waals surface area contributed by atoms with E-state index in [4.69, 9.17) is 14.5 Å². The van der Waals surface area contributed by atoms with Crippen LogP contribution in [0.25, 0.3) is 6.08 Å². The second-order valence-corrected chi connectivity index (χ2v) is 9.57. The van der Waals surface area contributed by atoms with Crippen LogP contribution in [0, 0.1) is 11.3 Å². The number of amides is 1. The highest BCUT2D eigenvalue weighted by Crippen LogP contribution is 2.28. The lowest BCUT2D eigenvalue weighted by Crippen LogP contribution is -2.20. The summed E-state index contributed by atoms with van der Waals surface area (Å²) in [4.78, 5) is 30.5. The van der Waals surface area contributed by atoms with Gasteiger partial charge >= 0.3 is 5.97 Å². The van der Waals surface area contributed by atoms with Gasteiger partial charge in [0.25, 0.3) is 5.91 Å². The fraction of sp³-hybridized carbons (Fsp3) is 0.481. The van der Waals surface area contributed by atoms with E-state index < -0.39 is 5.97 Å². The molecule has 1 aromatic heterocycles. The van der Waals surface area contributed by atoms with E-state index in [-0.39, 0.29) is 24.7 Å². The molecule has 0 aliphatic heterocycles. The largest absolute Gasteiger partial charge is 0.483 e. The molecule has 3 rings (SSSR count). The molecule has 0 saturated heterocycles. The molecule has 8 heteroatoms. The summed E-state index contributed by atoms with van der Waals surface area (Å²) in [6.07, 6.45) is 13.4. The van der Waals surface area contributed by atoms with Crippen molar-refractivity contribution in [3.8, 4) is 11.8 Å². The van der Waals surface area contributed by atoms with Gasteiger partial charge in [0.2, 0.25) is 0 Å². The Balaban J connectivity index is 1.62. The third-order valence-electron chi connectivity index (χ3n) is 5.79. The van der Waals surface area contributed by atoms with E-state index in [0.717, 1.165) is 31.4 Å². The Morgan fingerprint density at radius 2 is 1.77 bits per heavy atom. The minimum absolute atomic E-state index is 0.134. The van der Waals surface area contributed by atoms with Gasteiger partial charge in [0, 0.05) is 10.4 Å². The number of esters is 1. The van der Waals surface area contributed by atoms with Crippen LogP contribution in [0.1, 0.15) is 74.4 Å². The van der Waals surface area contributed by atoms with Crippen LogP contribution in [0.2, 0.25) is 0 Å². The third-order valence-corrected chi connectivity index (χ3v) is 6.86. The summed E-state index contributed by atoms with van der Waals surface area (Å²) in [6.45, 7) is 1.64. The van der Waals surface area contributed by atoms with E-state index >= 15 is 0 Å². The molecule has 2 aromatic rings. The van der Waals surface area contributed by atoms with Gasteiger partial charge in [-0.1, -0.05) is 56.7 Å². The summed E-state index contributed by atoms with van der Waals surface area (Å²) < 4.78 is 10.6. The average Bonchev–Trinajstić information content (AvgIpc) is 3.22. The van der Waals surface area contributed by atoms with E-state index in [0.29, 0.717) is 16.4 Å². The van der Waals surface area contributed by atoms with Gasteiger partial charge in [0.15, 0.2) is 11.7 Å². The Morgan fingerprint density at radius 1 is 1.09 bits per heavy atom. The second-order valence-electron chi connectivity index (χ2n) is 8.48. The third kappa shape index (κ3) is 8.52. The van der Waals surface area contributed by atoms with Crippen molar-refractivity contribution in [3.05, 3.63) is 46.0 Å². The zero-order chi connectivity index (χ0) is 24.9. The van der Waals surface area contributed by atoms with Gasteiger partial charge in [-0.2, -0.15) is 5.26 Å². The highest BCUT2D eigenvalue weighted by atomic mass is 32.1. The number of aryl methyl sites for hydroxylation is 2. The Hall–Kier alpha value is -3.18. The Morgan fingerprint density at radius 3 is 2.49 bits per heavy atom. The molecule has 0 bridgehead atoms. The van der Waals surface area contributed by atoms with E-state index in [1.165, 1.54) is 49.5 Å². The van der Waals surface area contributed by atoms with Crippen LogP contribution < -0.4 is 10.1 Å². The minimum atomic E-state index is -0.695. The van der Waals surface area contributed by atoms with Gasteiger partial charge in [0.05, 0.1) is 12.3 Å². The van der Waals surface area contributed by atoms with Crippen molar-refractivity contribution in [2.24, 2.45) is 0 Å². The number of carbonyl (C=O) groups is 2. The van der Waals surface area contributed by atoms with Crippen LogP contribution in [0.4, 0.5) is 5.13 Å². The van der Waals surface area contributed by atoms with Gasteiger partial charge in [0.1, 0.15) is 17.4 Å². The first-order valence-electron chi connectivity index (χ1n) is 12.4. The number of ether oxygens (including phenoxy) is 2. The number of fused-ring (bicyclic) bond motifs is 1. The fourth-order valence-electron chi connectivity index (χ4n) is 4.00. The highest BCUT2D eigenvalue weighted by molar-refractivity contribution is 7.15. The van der Waals surface area contributed by atoms with Crippen LogP contribution in [0.3, 0.4) is 0 Å². The number of rotatable bonds is 7. The number of para-hydroxylation sites is 1. The lowest BCUT2D eigenvalue weighted by atomic mass is 10.0. The van der Waals surface area contributed by atoms with Gasteiger partial charge in [-0.3, -0.25) is 10.1 Å². The number of benzene rings is 1. The van der Waals surface area contributed by atoms with E-state index in [1.54, 1.807) is 42.5 Å². The number of carbonyl (C=O) groups excluding carboxylic acids is 2. The zero-order valence-corrected chi connectivity index (χ0v) is 21.1. The number of anilines is 1. The maximum atomic E-state index is 12.6. The van der Waals surface area contributed by atoms with Crippen molar-refractivity contribution in [3.63, 3.8) is 0 Å². The van der Waals surface area contributed by atoms with Crippen LogP contribution >= 0.6 is 11.3 Å². The molecule has 0 atom stereocenters. The fourth-order valence-corrected chi connectivity index (χ4v) is 5.06. The molecular weight excluding hydrogens is 462 g/mol. The number of hydrogen-bond donors (Lipinski definition) is 1. The summed E-state index contributed by atoms with van der Waals surface area (Å²) in [5.41, 5.74) is 1.50. The van der Waals surface area contributed by atoms with Gasteiger partial charge in [-0.15, -0.1) is 11.3 Å². The van der Waals surface area contributed by atoms with Crippen LogP contribution in [0.15, 0.2) is 29.8 Å². The first kappa shape index (κ1) is 26.4. The first-order valence-corrected chi connectivity index (χ1v) is 13.2. The van der Waals surface area contributed by atoms with Crippen molar-refractivity contribution in [2.45, 2.75) is 71.1 Å². The maximum absolute atomic E-state index is 12.6. The smallest absolute Gasteiger partial charge is 0.348 e. The van der Waals surface area contributed by atoms with Crippen molar-refractivity contribution < 1.29 is 19.1 Å². The lowest BCUT2D eigenvalue weighted by Gasteiger charge is -2.09. The van der Waals surface area contributed by atoms with Crippen molar-refractivity contribution in [1.82, 2.24) is 4.98 Å². The molecule has 7 nitrogen and oxygen atoms in total. The average molecular weight is 496 g/mol. The maximum Gasteiger partial charge on any atom is 0.348 e. The normalized spacial score (nSPS) is 15.0. The van der Waals surface area contributed by atoms with Crippen molar-refractivity contribution in [1.29, 1.82) is 5.26 Å². The minimum Gasteiger partial charge on any atom is -0.483 e. The van der Waals surface area contributed by atoms with Gasteiger partial charge in [-0.05, 0) is 44.7 Å². The second kappa shape index (κ2) is 14.3. The molecule has 0 radical (unpaired) electrons. The summed E-state index contributed by atoms with van der Waals surface area (Å²) in [5, 5.41) is 12.8. The van der Waals surface area contributed by atoms with Gasteiger partial charge < -0.3 is 9.47 Å². The topological polar surface area (TPSA) is 101 Å². The molecule has 1 aromatic carbocycles. The summed E-state index contributed by atoms with van der Waals surface area (Å²) >= 11 is 1.56. The number of nitrogens with one attached hydrogen (secondary N) is 1. The molecule has 0 saturated carbocycles. The van der Waals surface area contributed by atoms with Crippen LogP contribution in [-0.2, 0) is 27.2 Å². The van der Waals surface area contributed by atoms with E-state index in [2.05, 4.69) is 5.32 Å². The van der Waals surface area contributed by atoms with E-state index in [1.807, 2.05) is 6.07 Å². The summed E-state index contributed by atoms with van der Waals surface area (Å²) in [7, 11) is 0. The van der Waals surface area contributed by atoms with Gasteiger partial charge in [-0.25, -0.2) is 9.78 Å². The number of aromatic nitrogens is 1. The molecule has 0 spiro atoms. The molecule has 1 aliphatic carbocycles. The number of nitriles is 1. The zero-order valence-electron chi connectivity index (χ0n) is 20.3. The molecule has 1 aliphatic rings. The van der Waals surface area contributed by atoms with Crippen molar-refractivity contribution >= 4 is 34.4 Å². The molecule has 1 N–H and O–H groups in total. The SMILES string of the molecule is CCOC(=O)/C(C#N)=C\c1ccccc1OCC(=O)Nc1nc2c(s1)CCCCCCCCCC2. The summed E-state index contributed by atoms with van der Waals surface area (Å²) in [5.74, 6) is -0.607. The standard InChI is InChI=1S/C27H33N3O4S/c1-2-33-26(32)21(18-28)17-20-13-11-12-15-23(20)34-19-25(31)30-27-29-22-14-9-7-5-3-4-6-8-10-16-24(22)35-27/h11-13,15,17H,2-10,14,16,19H2,1H3,(H,29,30,31)/b21-17-. The quantitative estimate of drug-likeness (QED) is 0.294. The van der Waals surface area contributed by atoms with Crippen molar-refractivity contribution in [2.75, 3.05) is 18.5 Å².